The van der Waals surface area contributed by atoms with Gasteiger partial charge in [0.15, 0.2) is 6.29 Å². The molecule has 0 aromatic heterocycles. The summed E-state index contributed by atoms with van der Waals surface area (Å²) in [5.41, 5.74) is -1.67. The average molecular weight is 322 g/mol. The monoisotopic (exact) mass is 322 g/mol. The first-order chi connectivity index (χ1) is 12.8. The van der Waals surface area contributed by atoms with Crippen molar-refractivity contribution in [1.82, 2.24) is 0 Å². The van der Waals surface area contributed by atoms with Gasteiger partial charge in [-0.15, -0.1) is 0 Å². The lowest BCUT2D eigenvalue weighted by Gasteiger charge is -2.45. The van der Waals surface area contributed by atoms with Crippen LogP contribution in [0.3, 0.4) is 0 Å². The van der Waals surface area contributed by atoms with Gasteiger partial charge in [0, 0.05) is 8.22 Å². The highest BCUT2D eigenvalue weighted by Gasteiger charge is 2.46. The number of allylic oxidation sites excluding steroid dienone is 2. The van der Waals surface area contributed by atoms with Crippen molar-refractivity contribution in [3.05, 3.63) is 11.6 Å². The van der Waals surface area contributed by atoms with Gasteiger partial charge in [-0.2, -0.15) is 0 Å². The fourth-order valence-corrected chi connectivity index (χ4v) is 2.78. The molecule has 0 radical (unpaired) electrons. The van der Waals surface area contributed by atoms with Crippen LogP contribution in [0.5, 0.6) is 0 Å². The van der Waals surface area contributed by atoms with E-state index >= 15 is 0 Å². The van der Waals surface area contributed by atoms with E-state index in [1.807, 2.05) is 6.92 Å². The highest BCUT2D eigenvalue weighted by atomic mass is 16.7. The predicted octanol–water partition coefficient (Wildman–Crippen LogP) is 0.328. The molecule has 4 N–H and O–H groups in total. The van der Waals surface area contributed by atoms with Crippen LogP contribution in [0.4, 0.5) is 0 Å². The van der Waals surface area contributed by atoms with Crippen LogP contribution in [0.25, 0.3) is 0 Å². The Labute approximate surface area is 139 Å². The Bertz CT molecular complexity index is 561. The Morgan fingerprint density at radius 3 is 2.59 bits per heavy atom. The van der Waals surface area contributed by atoms with Gasteiger partial charge in [0.25, 0.3) is 0 Å². The molecular formula is C16H28O6. The summed E-state index contributed by atoms with van der Waals surface area (Å²) in [4.78, 5) is 0. The molecular weight excluding hydrogens is 288 g/mol. The van der Waals surface area contributed by atoms with Crippen molar-refractivity contribution in [3.8, 4) is 0 Å². The first-order valence-corrected chi connectivity index (χ1v) is 7.40. The summed E-state index contributed by atoms with van der Waals surface area (Å²) in [5.74, 6) is -0.927. The van der Waals surface area contributed by atoms with Gasteiger partial charge in [0.1, 0.15) is 24.4 Å². The minimum absolute atomic E-state index is 0.153. The Morgan fingerprint density at radius 2 is 2.05 bits per heavy atom. The average Bonchev–Trinajstić information content (AvgIpc) is 2.58. The molecule has 6 heteroatoms. The van der Waals surface area contributed by atoms with Crippen LogP contribution in [-0.2, 0) is 9.47 Å². The summed E-state index contributed by atoms with van der Waals surface area (Å²) in [6.07, 6.45) is -5.93. The zero-order valence-corrected chi connectivity index (χ0v) is 12.5. The van der Waals surface area contributed by atoms with Gasteiger partial charge < -0.3 is 29.9 Å². The molecule has 1 aliphatic heterocycles. The first-order valence-electron chi connectivity index (χ1n) is 10.4. The van der Waals surface area contributed by atoms with Crippen LogP contribution < -0.4 is 0 Å². The van der Waals surface area contributed by atoms with Gasteiger partial charge in [-0.25, -0.2) is 0 Å². The molecule has 0 bridgehead atoms. The van der Waals surface area contributed by atoms with E-state index in [0.29, 0.717) is 6.42 Å². The van der Waals surface area contributed by atoms with Crippen LogP contribution in [0, 0.1) is 5.92 Å². The summed E-state index contributed by atoms with van der Waals surface area (Å²) in [6, 6.07) is 0. The summed E-state index contributed by atoms with van der Waals surface area (Å²) in [7, 11) is 0. The largest absolute Gasteiger partial charge is 0.394 e. The number of aliphatic hydroxyl groups excluding tert-OH is 4. The van der Waals surface area contributed by atoms with Gasteiger partial charge in [0.05, 0.1) is 12.2 Å². The second-order valence-corrected chi connectivity index (χ2v) is 6.07. The van der Waals surface area contributed by atoms with Crippen LogP contribution in [-0.4, -0.2) is 63.3 Å². The Balaban J connectivity index is 2.47. The molecule has 1 fully saturated rings. The predicted molar refractivity (Wildman–Crippen MR) is 80.0 cm³/mol. The summed E-state index contributed by atoms with van der Waals surface area (Å²) in [5, 5.41) is 39.4. The molecule has 0 spiro atoms. The van der Waals surface area contributed by atoms with E-state index in [2.05, 4.69) is 0 Å². The molecule has 128 valence electrons. The topological polar surface area (TPSA) is 99.4 Å². The third kappa shape index (κ3) is 3.69. The van der Waals surface area contributed by atoms with E-state index in [-0.39, 0.29) is 12.8 Å². The van der Waals surface area contributed by atoms with Gasteiger partial charge in [0.2, 0.25) is 0 Å². The van der Waals surface area contributed by atoms with Gasteiger partial charge >= 0.3 is 0 Å². The number of ether oxygens (including phenoxy) is 2. The van der Waals surface area contributed by atoms with Crippen LogP contribution >= 0.6 is 0 Å². The van der Waals surface area contributed by atoms with Crippen molar-refractivity contribution in [2.45, 2.75) is 76.2 Å². The number of hydrogen-bond donors (Lipinski definition) is 4. The number of hydrogen-bond acceptors (Lipinski definition) is 6. The maximum absolute atomic E-state index is 10.2. The first kappa shape index (κ1) is 11.1. The summed E-state index contributed by atoms with van der Waals surface area (Å²) in [6.45, 7) is -5.10. The molecule has 0 aromatic carbocycles. The van der Waals surface area contributed by atoms with Gasteiger partial charge in [-0.1, -0.05) is 11.6 Å². The molecule has 0 amide bonds. The van der Waals surface area contributed by atoms with E-state index in [4.69, 9.17) is 17.7 Å². The normalized spacial score (nSPS) is 45.6. The molecule has 2 aliphatic rings. The molecule has 1 aliphatic carbocycles. The minimum Gasteiger partial charge on any atom is -0.394 e. The van der Waals surface area contributed by atoms with E-state index in [1.54, 1.807) is 6.08 Å². The van der Waals surface area contributed by atoms with Crippen LogP contribution in [0.15, 0.2) is 11.6 Å². The van der Waals surface area contributed by atoms with Crippen molar-refractivity contribution in [3.63, 3.8) is 0 Å². The third-order valence-corrected chi connectivity index (χ3v) is 4.36. The summed E-state index contributed by atoms with van der Waals surface area (Å²) >= 11 is 0. The zero-order chi connectivity index (χ0) is 21.5. The summed E-state index contributed by atoms with van der Waals surface area (Å²) < 4.78 is 58.6. The van der Waals surface area contributed by atoms with Gasteiger partial charge in [-0.05, 0) is 45.8 Å². The standard InChI is InChI=1S/C16H28O6/c1-9-4-6-10(7-5-9)16(2,3)22-15-14(20)13(19)12(18)11(8-17)21-15/h4,10-15,17-20H,5-8H2,1-3H3/t10?,11-,12-,13+,14-,15+/m1/s1/i2D3,3D3. The molecule has 0 aromatic rings. The maximum atomic E-state index is 10.2. The Kier molecular flexibility index (Phi) is 3.51. The van der Waals surface area contributed by atoms with E-state index in [1.165, 1.54) is 0 Å². The highest BCUT2D eigenvalue weighted by molar-refractivity contribution is 5.05. The van der Waals surface area contributed by atoms with Crippen LogP contribution in [0.1, 0.15) is 48.1 Å². The zero-order valence-electron chi connectivity index (χ0n) is 18.5. The van der Waals surface area contributed by atoms with Crippen molar-refractivity contribution < 1.29 is 38.1 Å². The van der Waals surface area contributed by atoms with Crippen LogP contribution in [0.2, 0.25) is 0 Å². The lowest BCUT2D eigenvalue weighted by molar-refractivity contribution is -0.328. The lowest BCUT2D eigenvalue weighted by atomic mass is 9.79. The SMILES string of the molecule is [2H]C([2H])([2H])C(O[C@@H]1O[C@H](CO)[C@@H](O)[C@H](O)[C@H]1O)(C1CC=C(C)CC1)C([2H])([2H])[2H]. The van der Waals surface area contributed by atoms with Crippen molar-refractivity contribution in [2.24, 2.45) is 5.92 Å². The van der Waals surface area contributed by atoms with E-state index < -0.39 is 62.5 Å². The maximum Gasteiger partial charge on any atom is 0.187 e. The molecule has 1 saturated heterocycles. The fourth-order valence-electron chi connectivity index (χ4n) is 2.78. The van der Waals surface area contributed by atoms with E-state index in [0.717, 1.165) is 5.57 Å². The second-order valence-electron chi connectivity index (χ2n) is 6.07. The Hall–Kier alpha value is -0.500. The third-order valence-electron chi connectivity index (χ3n) is 4.36. The molecule has 2 rings (SSSR count). The molecule has 1 heterocycles. The second kappa shape index (κ2) is 6.95. The van der Waals surface area contributed by atoms with Gasteiger partial charge in [-0.3, -0.25) is 0 Å². The molecule has 6 nitrogen and oxygen atoms in total. The molecule has 0 saturated carbocycles. The molecule has 1 unspecified atom stereocenters. The molecule has 6 atom stereocenters. The lowest BCUT2D eigenvalue weighted by Crippen LogP contribution is -2.60. The minimum atomic E-state index is -3.11. The Morgan fingerprint density at radius 1 is 1.32 bits per heavy atom. The highest BCUT2D eigenvalue weighted by Crippen LogP contribution is 2.36. The van der Waals surface area contributed by atoms with E-state index in [9.17, 15) is 20.4 Å². The fraction of sp³-hybridized carbons (Fsp3) is 0.875. The van der Waals surface area contributed by atoms with Crippen molar-refractivity contribution in [1.29, 1.82) is 0 Å². The quantitative estimate of drug-likeness (QED) is 0.557. The number of rotatable bonds is 4. The molecule has 22 heavy (non-hydrogen) atoms. The smallest absolute Gasteiger partial charge is 0.187 e. The number of aliphatic hydroxyl groups is 4. The van der Waals surface area contributed by atoms with Crippen molar-refractivity contribution >= 4 is 0 Å². The van der Waals surface area contributed by atoms with Crippen molar-refractivity contribution in [2.75, 3.05) is 6.61 Å².